The first-order valence-corrected chi connectivity index (χ1v) is 22.1. The van der Waals surface area contributed by atoms with Gasteiger partial charge in [0, 0.05) is 46.0 Å². The molecule has 8 unspecified atom stereocenters. The van der Waals surface area contributed by atoms with E-state index in [1.807, 2.05) is 0 Å². The van der Waals surface area contributed by atoms with Crippen molar-refractivity contribution >= 4 is 34.1 Å². The van der Waals surface area contributed by atoms with E-state index in [1.165, 1.54) is 47.9 Å². The molecule has 2 heterocycles. The van der Waals surface area contributed by atoms with Crippen LogP contribution in [0.15, 0.2) is 158 Å². The van der Waals surface area contributed by atoms with Gasteiger partial charge in [-0.25, -0.2) is 0 Å². The van der Waals surface area contributed by atoms with Gasteiger partial charge in [-0.1, -0.05) is 98.8 Å². The monoisotopic (exact) mass is 796 g/mol. The first-order valence-electron chi connectivity index (χ1n) is 22.1. The summed E-state index contributed by atoms with van der Waals surface area (Å²) in [6, 6.07) is 56.6. The summed E-state index contributed by atoms with van der Waals surface area (Å²) in [6.45, 7) is 7.44. The van der Waals surface area contributed by atoms with Crippen LogP contribution >= 0.6 is 0 Å². The number of anilines is 6. The Balaban J connectivity index is 0.815. The third-order valence-electron chi connectivity index (χ3n) is 13.1. The van der Waals surface area contributed by atoms with Crippen LogP contribution in [0.5, 0.6) is 0 Å². The lowest BCUT2D eigenvalue weighted by Crippen LogP contribution is -2.25. The molecule has 0 N–H and O–H groups in total. The fourth-order valence-electron chi connectivity index (χ4n) is 9.93. The fraction of sp³-hybridized carbons (Fsp3) is 0.333. The number of fused-ring (bicyclic) bond motifs is 2. The molecule has 6 aromatic rings. The van der Waals surface area contributed by atoms with Crippen LogP contribution in [0.25, 0.3) is 11.1 Å². The number of nitrogens with zero attached hydrogens (tertiary/aromatic N) is 2. The predicted molar refractivity (Wildman–Crippen MR) is 242 cm³/mol. The van der Waals surface area contributed by atoms with Crippen molar-refractivity contribution < 1.29 is 18.9 Å². The summed E-state index contributed by atoms with van der Waals surface area (Å²) in [7, 11) is 0. The number of epoxide rings is 2. The lowest BCUT2D eigenvalue weighted by atomic mass is 9.83. The van der Waals surface area contributed by atoms with E-state index in [0.29, 0.717) is 49.5 Å². The summed E-state index contributed by atoms with van der Waals surface area (Å²) in [4.78, 5) is 4.63. The second kappa shape index (κ2) is 17.4. The second-order valence-corrected chi connectivity index (χ2v) is 17.8. The lowest BCUT2D eigenvalue weighted by molar-refractivity contribution is 0.0664. The van der Waals surface area contributed by atoms with Crippen molar-refractivity contribution in [2.45, 2.75) is 77.2 Å². The van der Waals surface area contributed by atoms with Gasteiger partial charge in [-0.3, -0.25) is 0 Å². The molecule has 2 aliphatic heterocycles. The molecule has 0 aromatic heterocycles. The van der Waals surface area contributed by atoms with Gasteiger partial charge in [0.2, 0.25) is 0 Å². The van der Waals surface area contributed by atoms with E-state index < -0.39 is 0 Å². The van der Waals surface area contributed by atoms with Gasteiger partial charge in [0.15, 0.2) is 0 Å². The molecule has 60 heavy (non-hydrogen) atoms. The smallest absolute Gasteiger partial charge is 0.0892 e. The van der Waals surface area contributed by atoms with Gasteiger partial charge < -0.3 is 28.7 Å². The minimum atomic E-state index is 0.417. The molecule has 2 saturated heterocycles. The summed E-state index contributed by atoms with van der Waals surface area (Å²) in [5, 5.41) is 0. The van der Waals surface area contributed by atoms with Crippen LogP contribution in [0.1, 0.15) is 50.7 Å². The quantitative estimate of drug-likeness (QED) is 0.0965. The predicted octanol–water partition coefficient (Wildman–Crippen LogP) is 13.0. The van der Waals surface area contributed by atoms with Gasteiger partial charge in [0.25, 0.3) is 0 Å². The number of para-hydroxylation sites is 2. The molecule has 0 amide bonds. The number of hydrogen-bond donors (Lipinski definition) is 0. The Morgan fingerprint density at radius 3 is 1.12 bits per heavy atom. The van der Waals surface area contributed by atoms with Crippen LogP contribution in [0, 0.1) is 23.7 Å². The topological polar surface area (TPSA) is 50.0 Å². The van der Waals surface area contributed by atoms with E-state index in [4.69, 9.17) is 18.9 Å². The normalized spacial score (nSPS) is 25.2. The van der Waals surface area contributed by atoms with Crippen molar-refractivity contribution in [3.63, 3.8) is 0 Å². The third kappa shape index (κ3) is 8.80. The molecule has 306 valence electrons. The molecule has 8 atom stereocenters. The summed E-state index contributed by atoms with van der Waals surface area (Å²) < 4.78 is 24.3. The SMILES string of the molecule is CC1CC(COCc2ccc(N(c3ccccc3)c3ccc(-c4ccc(N(c5ccccc5)c5ccc(COCC6CC(C)CC7OC67)cc5)cc4)cc3)cc2)C2OC2C1. The molecule has 6 nitrogen and oxygen atoms in total. The zero-order chi connectivity index (χ0) is 40.4. The van der Waals surface area contributed by atoms with Crippen molar-refractivity contribution in [2.75, 3.05) is 23.0 Å². The summed E-state index contributed by atoms with van der Waals surface area (Å²) in [5.41, 5.74) is 11.4. The molecule has 4 fully saturated rings. The van der Waals surface area contributed by atoms with Crippen LogP contribution in [-0.4, -0.2) is 37.6 Å². The lowest BCUT2D eigenvalue weighted by Gasteiger charge is -2.26. The van der Waals surface area contributed by atoms with E-state index in [-0.39, 0.29) is 0 Å². The Bertz CT molecular complexity index is 2130. The van der Waals surface area contributed by atoms with Gasteiger partial charge in [-0.15, -0.1) is 0 Å². The van der Waals surface area contributed by atoms with Crippen LogP contribution in [0.3, 0.4) is 0 Å². The Kier molecular flexibility index (Phi) is 11.3. The number of ether oxygens (including phenoxy) is 4. The molecular weight excluding hydrogens is 741 g/mol. The molecular formula is C54H56N2O4. The first kappa shape index (κ1) is 38.9. The fourth-order valence-corrected chi connectivity index (χ4v) is 9.93. The highest BCUT2D eigenvalue weighted by molar-refractivity contribution is 5.80. The van der Waals surface area contributed by atoms with Crippen molar-refractivity contribution in [3.05, 3.63) is 169 Å². The second-order valence-electron chi connectivity index (χ2n) is 17.8. The van der Waals surface area contributed by atoms with Crippen LogP contribution in [0.2, 0.25) is 0 Å². The van der Waals surface area contributed by atoms with Crippen molar-refractivity contribution in [3.8, 4) is 11.1 Å². The molecule has 0 radical (unpaired) electrons. The minimum Gasteiger partial charge on any atom is -0.376 e. The molecule has 2 aliphatic carbocycles. The van der Waals surface area contributed by atoms with Crippen molar-refractivity contribution in [1.82, 2.24) is 0 Å². The van der Waals surface area contributed by atoms with E-state index in [1.54, 1.807) is 0 Å². The highest BCUT2D eigenvalue weighted by atomic mass is 16.6. The standard InChI is InChI=1S/C54H56N2O4/c1-37-29-43(53-51(31-37)59-53)35-57-33-39-13-21-47(22-14-39)55(45-9-5-3-6-10-45)49-25-17-41(18-26-49)42-19-27-50(28-20-42)56(46-11-7-4-8-12-46)48-23-15-40(16-24-48)34-58-36-44-30-38(2)32-52-54(44)60-52/h3-28,37-38,43-44,51-54H,29-36H2,1-2H3. The van der Waals surface area contributed by atoms with Gasteiger partial charge in [0.05, 0.1) is 50.8 Å². The van der Waals surface area contributed by atoms with Crippen LogP contribution in [0.4, 0.5) is 34.1 Å². The highest BCUT2D eigenvalue weighted by Gasteiger charge is 2.50. The molecule has 4 aliphatic rings. The van der Waals surface area contributed by atoms with E-state index in [0.717, 1.165) is 59.2 Å². The zero-order valence-electron chi connectivity index (χ0n) is 34.8. The maximum atomic E-state index is 6.23. The molecule has 0 bridgehead atoms. The molecule has 2 saturated carbocycles. The van der Waals surface area contributed by atoms with Crippen LogP contribution in [-0.2, 0) is 32.2 Å². The van der Waals surface area contributed by atoms with E-state index in [2.05, 4.69) is 181 Å². The van der Waals surface area contributed by atoms with Gasteiger partial charge in [0.1, 0.15) is 0 Å². The van der Waals surface area contributed by atoms with Gasteiger partial charge in [-0.05, 0) is 133 Å². The summed E-state index contributed by atoms with van der Waals surface area (Å²) >= 11 is 0. The molecule has 6 aromatic carbocycles. The summed E-state index contributed by atoms with van der Waals surface area (Å²) in [6.07, 6.45) is 6.59. The largest absolute Gasteiger partial charge is 0.376 e. The average Bonchev–Trinajstić information content (AvgIpc) is 4.23. The Morgan fingerprint density at radius 1 is 0.417 bits per heavy atom. The van der Waals surface area contributed by atoms with Crippen LogP contribution < -0.4 is 9.80 Å². The Labute approximate surface area is 355 Å². The maximum Gasteiger partial charge on any atom is 0.0892 e. The molecule has 10 rings (SSSR count). The minimum absolute atomic E-state index is 0.417. The van der Waals surface area contributed by atoms with Gasteiger partial charge >= 0.3 is 0 Å². The Morgan fingerprint density at radius 2 is 0.750 bits per heavy atom. The molecule has 6 heteroatoms. The average molecular weight is 797 g/mol. The van der Waals surface area contributed by atoms with Gasteiger partial charge in [-0.2, -0.15) is 0 Å². The number of hydrogen-bond acceptors (Lipinski definition) is 6. The van der Waals surface area contributed by atoms with E-state index >= 15 is 0 Å². The number of rotatable bonds is 15. The zero-order valence-corrected chi connectivity index (χ0v) is 34.8. The number of benzene rings is 6. The highest BCUT2D eigenvalue weighted by Crippen LogP contribution is 2.45. The Hall–Kier alpha value is -5.24. The molecule has 0 spiro atoms. The third-order valence-corrected chi connectivity index (χ3v) is 13.1. The van der Waals surface area contributed by atoms with Crippen molar-refractivity contribution in [2.24, 2.45) is 23.7 Å². The first-order chi connectivity index (χ1) is 29.5. The van der Waals surface area contributed by atoms with E-state index in [9.17, 15) is 0 Å². The maximum absolute atomic E-state index is 6.23. The van der Waals surface area contributed by atoms with Crippen molar-refractivity contribution in [1.29, 1.82) is 0 Å². The summed E-state index contributed by atoms with van der Waals surface area (Å²) in [5.74, 6) is 2.48.